The molecule has 2 saturated carbocycles. The molecule has 3 aromatic rings. The summed E-state index contributed by atoms with van der Waals surface area (Å²) < 4.78 is 6.05. The monoisotopic (exact) mass is 574 g/mol. The highest BCUT2D eigenvalue weighted by atomic mass is 16.5. The second-order valence-corrected chi connectivity index (χ2v) is 13.3. The van der Waals surface area contributed by atoms with E-state index in [-0.39, 0.29) is 53.2 Å². The third-order valence-electron chi connectivity index (χ3n) is 10.5. The largest absolute Gasteiger partial charge is 0.457 e. The Morgan fingerprint density at radius 1 is 0.860 bits per heavy atom. The molecule has 3 amide bonds. The molecule has 5 aliphatic rings. The van der Waals surface area contributed by atoms with Crippen molar-refractivity contribution in [1.29, 1.82) is 0 Å². The highest BCUT2D eigenvalue weighted by Crippen LogP contribution is 2.65. The van der Waals surface area contributed by atoms with Crippen molar-refractivity contribution in [1.82, 2.24) is 4.90 Å². The molecule has 1 aliphatic heterocycles. The molecule has 0 radical (unpaired) electrons. The topological polar surface area (TPSA) is 75.7 Å². The van der Waals surface area contributed by atoms with Crippen LogP contribution in [-0.2, 0) is 26.2 Å². The average molecular weight is 575 g/mol. The minimum atomic E-state index is -0.925. The molecule has 6 heteroatoms. The number of amides is 3. The van der Waals surface area contributed by atoms with Crippen LogP contribution < -0.4 is 10.1 Å². The van der Waals surface area contributed by atoms with E-state index in [1.54, 1.807) is 12.1 Å². The van der Waals surface area contributed by atoms with Crippen molar-refractivity contribution in [3.63, 3.8) is 0 Å². The molecule has 2 bridgehead atoms. The van der Waals surface area contributed by atoms with Crippen LogP contribution in [0, 0.1) is 35.5 Å². The Labute approximate surface area is 253 Å². The van der Waals surface area contributed by atoms with Crippen LogP contribution in [0.15, 0.2) is 91.0 Å². The predicted molar refractivity (Wildman–Crippen MR) is 165 cm³/mol. The Hall–Kier alpha value is -4.19. The number of hydrogen-bond acceptors (Lipinski definition) is 4. The number of hydrogen-bond donors (Lipinski definition) is 1. The standard InChI is InChI=1S/C37H38N2O4/c1-4-37(2,3)23-10-14-25(15-11-23)43-26-16-12-24(13-17-26)38-34(40)31(20-22-8-6-5-7-9-22)39-35(41)32-27-18-19-28(30-21-29(27)30)33(32)36(39)42/h5-19,27-33H,4,20-21H2,1-3H3,(H,38,40)/t27-,28-,29-,30-,31+,32-,33+/m1/s1. The summed E-state index contributed by atoms with van der Waals surface area (Å²) in [7, 11) is 0. The van der Waals surface area contributed by atoms with Gasteiger partial charge in [0.25, 0.3) is 0 Å². The highest BCUT2D eigenvalue weighted by Gasteiger charge is 2.67. The summed E-state index contributed by atoms with van der Waals surface area (Å²) in [5.74, 6) is 1.23. The van der Waals surface area contributed by atoms with Crippen molar-refractivity contribution >= 4 is 23.4 Å². The van der Waals surface area contributed by atoms with Crippen LogP contribution in [0.25, 0.3) is 0 Å². The van der Waals surface area contributed by atoms with Gasteiger partial charge in [-0.05, 0) is 89.5 Å². The van der Waals surface area contributed by atoms with Gasteiger partial charge in [-0.2, -0.15) is 0 Å². The van der Waals surface area contributed by atoms with E-state index < -0.39 is 6.04 Å². The fourth-order valence-corrected chi connectivity index (χ4v) is 7.57. The van der Waals surface area contributed by atoms with E-state index in [0.29, 0.717) is 23.3 Å². The SMILES string of the molecule is CCC(C)(C)c1ccc(Oc2ccc(NC(=O)[C@H](Cc3ccccc3)N3C(=O)[C@@H]4[C@@H]5C=C[C@H]([C@H]6C[C@H]56)[C@@H]4C3=O)cc2)cc1. The van der Waals surface area contributed by atoms with Crippen LogP contribution in [0.3, 0.4) is 0 Å². The number of nitrogens with zero attached hydrogens (tertiary/aromatic N) is 1. The number of likely N-dealkylation sites (tertiary alicyclic amines) is 1. The Kier molecular flexibility index (Phi) is 6.76. The molecule has 220 valence electrons. The third-order valence-corrected chi connectivity index (χ3v) is 10.5. The molecule has 4 aliphatic carbocycles. The number of anilines is 1. The summed E-state index contributed by atoms with van der Waals surface area (Å²) in [4.78, 5) is 42.9. The molecule has 3 fully saturated rings. The number of benzene rings is 3. The maximum absolute atomic E-state index is 13.9. The average Bonchev–Trinajstić information content (AvgIpc) is 3.81. The van der Waals surface area contributed by atoms with E-state index in [1.807, 2.05) is 54.6 Å². The first kappa shape index (κ1) is 27.6. The zero-order valence-corrected chi connectivity index (χ0v) is 24.9. The quantitative estimate of drug-likeness (QED) is 0.226. The first-order valence-corrected chi connectivity index (χ1v) is 15.5. The summed E-state index contributed by atoms with van der Waals surface area (Å²) >= 11 is 0. The maximum Gasteiger partial charge on any atom is 0.248 e. The minimum Gasteiger partial charge on any atom is -0.457 e. The molecular weight excluding hydrogens is 536 g/mol. The lowest BCUT2D eigenvalue weighted by Gasteiger charge is -2.37. The molecule has 43 heavy (non-hydrogen) atoms. The zero-order chi connectivity index (χ0) is 29.9. The molecule has 0 spiro atoms. The van der Waals surface area contributed by atoms with E-state index >= 15 is 0 Å². The molecule has 6 nitrogen and oxygen atoms in total. The lowest BCUT2D eigenvalue weighted by Crippen LogP contribution is -2.49. The summed E-state index contributed by atoms with van der Waals surface area (Å²) in [5, 5.41) is 2.98. The molecule has 0 aromatic heterocycles. The predicted octanol–water partition coefficient (Wildman–Crippen LogP) is 6.77. The highest BCUT2D eigenvalue weighted by molar-refractivity contribution is 6.10. The van der Waals surface area contributed by atoms with Crippen molar-refractivity contribution in [3.05, 3.63) is 102 Å². The smallest absolute Gasteiger partial charge is 0.248 e. The van der Waals surface area contributed by atoms with Crippen LogP contribution in [0.4, 0.5) is 5.69 Å². The maximum atomic E-state index is 13.9. The van der Waals surface area contributed by atoms with Gasteiger partial charge in [-0.15, -0.1) is 0 Å². The van der Waals surface area contributed by atoms with Gasteiger partial charge in [-0.3, -0.25) is 19.3 Å². The van der Waals surface area contributed by atoms with E-state index in [2.05, 4.69) is 50.4 Å². The molecule has 3 aromatic carbocycles. The summed E-state index contributed by atoms with van der Waals surface area (Å²) in [6, 6.07) is 24.0. The zero-order valence-electron chi connectivity index (χ0n) is 24.9. The summed E-state index contributed by atoms with van der Waals surface area (Å²) in [5.41, 5.74) is 2.85. The normalized spacial score (nSPS) is 27.5. The molecule has 1 heterocycles. The van der Waals surface area contributed by atoms with Gasteiger partial charge in [-0.25, -0.2) is 0 Å². The van der Waals surface area contributed by atoms with Gasteiger partial charge in [-0.1, -0.05) is 75.4 Å². The van der Waals surface area contributed by atoms with Gasteiger partial charge >= 0.3 is 0 Å². The number of carbonyl (C=O) groups excluding carboxylic acids is 3. The molecule has 1 N–H and O–H groups in total. The van der Waals surface area contributed by atoms with Crippen LogP contribution in [-0.4, -0.2) is 28.7 Å². The number of allylic oxidation sites excluding steroid dienone is 2. The van der Waals surface area contributed by atoms with E-state index in [1.165, 1.54) is 10.5 Å². The van der Waals surface area contributed by atoms with Crippen LogP contribution in [0.1, 0.15) is 44.7 Å². The van der Waals surface area contributed by atoms with E-state index in [9.17, 15) is 14.4 Å². The van der Waals surface area contributed by atoms with Crippen molar-refractivity contribution in [2.45, 2.75) is 51.5 Å². The van der Waals surface area contributed by atoms with Gasteiger partial charge in [0.2, 0.25) is 17.7 Å². The Morgan fingerprint density at radius 3 is 1.98 bits per heavy atom. The van der Waals surface area contributed by atoms with Crippen molar-refractivity contribution in [2.75, 3.05) is 5.32 Å². The number of nitrogens with one attached hydrogen (secondary N) is 1. The molecule has 8 rings (SSSR count). The van der Waals surface area contributed by atoms with Crippen molar-refractivity contribution in [2.24, 2.45) is 35.5 Å². The van der Waals surface area contributed by atoms with Gasteiger partial charge in [0, 0.05) is 12.1 Å². The molecule has 0 unspecified atom stereocenters. The summed E-state index contributed by atoms with van der Waals surface area (Å²) in [6.45, 7) is 6.64. The summed E-state index contributed by atoms with van der Waals surface area (Å²) in [6.07, 6.45) is 6.74. The number of ether oxygens (including phenoxy) is 1. The van der Waals surface area contributed by atoms with Gasteiger partial charge in [0.15, 0.2) is 0 Å². The number of rotatable bonds is 9. The van der Waals surface area contributed by atoms with Crippen molar-refractivity contribution in [3.8, 4) is 11.5 Å². The first-order valence-electron chi connectivity index (χ1n) is 15.5. The molecule has 1 saturated heterocycles. The van der Waals surface area contributed by atoms with E-state index in [4.69, 9.17) is 4.74 Å². The van der Waals surface area contributed by atoms with Crippen LogP contribution >= 0.6 is 0 Å². The van der Waals surface area contributed by atoms with E-state index in [0.717, 1.165) is 24.2 Å². The lowest BCUT2D eigenvalue weighted by molar-refractivity contribution is -0.146. The van der Waals surface area contributed by atoms with Crippen LogP contribution in [0.2, 0.25) is 0 Å². The van der Waals surface area contributed by atoms with Gasteiger partial charge in [0.1, 0.15) is 17.5 Å². The molecular formula is C37H38N2O4. The van der Waals surface area contributed by atoms with Crippen LogP contribution in [0.5, 0.6) is 11.5 Å². The Balaban J connectivity index is 1.08. The first-order chi connectivity index (χ1) is 20.7. The lowest BCUT2D eigenvalue weighted by atomic mass is 9.63. The number of carbonyl (C=O) groups is 3. The second-order valence-electron chi connectivity index (χ2n) is 13.3. The Bertz CT molecular complexity index is 1540. The minimum absolute atomic E-state index is 0.107. The second kappa shape index (κ2) is 10.5. The fraction of sp³-hybridized carbons (Fsp3) is 0.378. The number of imide groups is 1. The third kappa shape index (κ3) is 4.87. The molecule has 7 atom stereocenters. The Morgan fingerprint density at radius 2 is 1.42 bits per heavy atom. The van der Waals surface area contributed by atoms with Gasteiger partial charge < -0.3 is 10.1 Å². The van der Waals surface area contributed by atoms with Crippen molar-refractivity contribution < 1.29 is 19.1 Å². The fourth-order valence-electron chi connectivity index (χ4n) is 7.57. The van der Waals surface area contributed by atoms with Gasteiger partial charge in [0.05, 0.1) is 11.8 Å².